The molecule has 1 unspecified atom stereocenters. The number of carbonyl (C=O) groups excluding carboxylic acids is 1. The zero-order chi connectivity index (χ0) is 23.0. The predicted octanol–water partition coefficient (Wildman–Crippen LogP) is 4.97. The first kappa shape index (κ1) is 21.8. The molecule has 0 bridgehead atoms. The minimum atomic E-state index is -0.594. The minimum absolute atomic E-state index is 0.267. The second-order valence-electron chi connectivity index (χ2n) is 9.37. The van der Waals surface area contributed by atoms with Gasteiger partial charge in [0.15, 0.2) is 0 Å². The molecule has 8 nitrogen and oxygen atoms in total. The highest BCUT2D eigenvalue weighted by atomic mass is 16.6. The summed E-state index contributed by atoms with van der Waals surface area (Å²) in [5.74, 6) is 0.453. The number of carbonyl (C=O) groups is 1. The van der Waals surface area contributed by atoms with Crippen LogP contribution in [-0.2, 0) is 11.2 Å². The second-order valence-corrected chi connectivity index (χ2v) is 9.37. The molecule has 1 N–H and O–H groups in total. The number of para-hydroxylation sites is 1. The maximum atomic E-state index is 13.0. The molecule has 32 heavy (non-hydrogen) atoms. The Bertz CT molecular complexity index is 1130. The van der Waals surface area contributed by atoms with Gasteiger partial charge in [-0.3, -0.25) is 9.58 Å². The first-order chi connectivity index (χ1) is 15.1. The molecule has 1 aromatic carbocycles. The zero-order valence-corrected chi connectivity index (χ0v) is 19.5. The summed E-state index contributed by atoms with van der Waals surface area (Å²) < 4.78 is 7.58. The molecule has 0 aliphatic carbocycles. The van der Waals surface area contributed by atoms with E-state index in [4.69, 9.17) is 9.72 Å². The number of nitrogens with one attached hydrogen (secondary N) is 1. The summed E-state index contributed by atoms with van der Waals surface area (Å²) in [6.07, 6.45) is 5.48. The molecular weight excluding hydrogens is 404 g/mol. The Morgan fingerprint density at radius 2 is 1.97 bits per heavy atom. The van der Waals surface area contributed by atoms with Gasteiger partial charge in [0.25, 0.3) is 0 Å². The molecule has 0 radical (unpaired) electrons. The number of fused-ring (bicyclic) bond motifs is 1. The van der Waals surface area contributed by atoms with E-state index < -0.39 is 11.7 Å². The summed E-state index contributed by atoms with van der Waals surface area (Å²) in [6, 6.07) is 8.12. The molecule has 0 fully saturated rings. The number of hydrogen-bond donors (Lipinski definition) is 1. The Morgan fingerprint density at radius 3 is 2.66 bits per heavy atom. The van der Waals surface area contributed by atoms with Crippen LogP contribution in [0.4, 0.5) is 16.4 Å². The number of benzene rings is 1. The third kappa shape index (κ3) is 4.44. The molecule has 168 valence electrons. The van der Waals surface area contributed by atoms with Crippen LogP contribution in [0.3, 0.4) is 0 Å². The number of nitrogens with zero attached hydrogens (tertiary/aromatic N) is 5. The van der Waals surface area contributed by atoms with Gasteiger partial charge in [-0.25, -0.2) is 14.8 Å². The number of anilines is 2. The van der Waals surface area contributed by atoms with E-state index in [1.807, 2.05) is 69.0 Å². The Kier molecular flexibility index (Phi) is 5.62. The Hall–Kier alpha value is -3.42. The van der Waals surface area contributed by atoms with Crippen molar-refractivity contribution in [2.45, 2.75) is 65.8 Å². The van der Waals surface area contributed by atoms with E-state index in [2.05, 4.69) is 29.2 Å². The maximum absolute atomic E-state index is 13.0. The molecule has 3 aromatic rings. The molecule has 0 saturated carbocycles. The van der Waals surface area contributed by atoms with Crippen LogP contribution in [0.15, 0.2) is 42.9 Å². The van der Waals surface area contributed by atoms with Gasteiger partial charge in [-0.15, -0.1) is 0 Å². The molecule has 8 heteroatoms. The highest BCUT2D eigenvalue weighted by molar-refractivity contribution is 5.92. The van der Waals surface area contributed by atoms with Gasteiger partial charge in [0, 0.05) is 30.4 Å². The summed E-state index contributed by atoms with van der Waals surface area (Å²) >= 11 is 0. The van der Waals surface area contributed by atoms with Crippen molar-refractivity contribution < 1.29 is 9.53 Å². The lowest BCUT2D eigenvalue weighted by atomic mass is 10.1. The van der Waals surface area contributed by atoms with Gasteiger partial charge in [-0.1, -0.05) is 18.2 Å². The van der Waals surface area contributed by atoms with Gasteiger partial charge in [0.1, 0.15) is 11.8 Å². The monoisotopic (exact) mass is 434 g/mol. The summed E-state index contributed by atoms with van der Waals surface area (Å²) in [7, 11) is 0. The molecule has 1 atom stereocenters. The van der Waals surface area contributed by atoms with Gasteiger partial charge in [0.05, 0.1) is 17.6 Å². The third-order valence-electron chi connectivity index (χ3n) is 5.24. The van der Waals surface area contributed by atoms with Crippen molar-refractivity contribution in [3.8, 4) is 11.3 Å². The lowest BCUT2D eigenvalue weighted by Crippen LogP contribution is -2.45. The zero-order valence-electron chi connectivity index (χ0n) is 19.5. The SMILES string of the molecule is Cc1cnc(NC2Cc3ccccc3N2C(=O)OC(C)(C)C)nc1-c1cnn(C(C)C)c1. The highest BCUT2D eigenvalue weighted by Crippen LogP contribution is 2.34. The predicted molar refractivity (Wildman–Crippen MR) is 125 cm³/mol. The van der Waals surface area contributed by atoms with E-state index in [-0.39, 0.29) is 12.2 Å². The van der Waals surface area contributed by atoms with Crippen LogP contribution in [0.25, 0.3) is 11.3 Å². The average Bonchev–Trinajstić information content (AvgIpc) is 3.33. The second kappa shape index (κ2) is 8.26. The fourth-order valence-corrected chi connectivity index (χ4v) is 3.73. The Labute approximate surface area is 188 Å². The van der Waals surface area contributed by atoms with Crippen molar-refractivity contribution >= 4 is 17.7 Å². The number of hydrogen-bond acceptors (Lipinski definition) is 6. The first-order valence-corrected chi connectivity index (χ1v) is 10.9. The Balaban J connectivity index is 1.63. The molecule has 2 aromatic heterocycles. The van der Waals surface area contributed by atoms with E-state index >= 15 is 0 Å². The molecule has 1 aliphatic rings. The maximum Gasteiger partial charge on any atom is 0.416 e. The van der Waals surface area contributed by atoms with Gasteiger partial charge < -0.3 is 10.1 Å². The lowest BCUT2D eigenvalue weighted by Gasteiger charge is -2.29. The van der Waals surface area contributed by atoms with Crippen molar-refractivity contribution in [1.29, 1.82) is 0 Å². The van der Waals surface area contributed by atoms with Crippen LogP contribution in [0.1, 0.15) is 51.8 Å². The summed E-state index contributed by atoms with van der Waals surface area (Å²) in [4.78, 5) is 23.9. The van der Waals surface area contributed by atoms with E-state index in [1.165, 1.54) is 0 Å². The summed E-state index contributed by atoms with van der Waals surface area (Å²) in [6.45, 7) is 11.7. The highest BCUT2D eigenvalue weighted by Gasteiger charge is 2.36. The average molecular weight is 435 g/mol. The fraction of sp³-hybridized carbons (Fsp3) is 0.417. The number of aryl methyl sites for hydroxylation is 1. The van der Waals surface area contributed by atoms with Gasteiger partial charge in [0.2, 0.25) is 5.95 Å². The normalized spacial score (nSPS) is 15.7. The van der Waals surface area contributed by atoms with Gasteiger partial charge in [-0.05, 0) is 58.7 Å². The summed E-state index contributed by atoms with van der Waals surface area (Å²) in [5.41, 5.74) is 4.02. The molecule has 4 rings (SSSR count). The van der Waals surface area contributed by atoms with Crippen LogP contribution < -0.4 is 10.2 Å². The van der Waals surface area contributed by atoms with Crippen molar-refractivity contribution in [3.63, 3.8) is 0 Å². The Morgan fingerprint density at radius 1 is 1.22 bits per heavy atom. The minimum Gasteiger partial charge on any atom is -0.443 e. The smallest absolute Gasteiger partial charge is 0.416 e. The van der Waals surface area contributed by atoms with E-state index in [9.17, 15) is 4.79 Å². The van der Waals surface area contributed by atoms with Crippen LogP contribution in [0, 0.1) is 6.92 Å². The van der Waals surface area contributed by atoms with Gasteiger partial charge >= 0.3 is 6.09 Å². The van der Waals surface area contributed by atoms with Crippen LogP contribution in [0.5, 0.6) is 0 Å². The van der Waals surface area contributed by atoms with E-state index in [1.54, 1.807) is 11.1 Å². The van der Waals surface area contributed by atoms with Crippen LogP contribution >= 0.6 is 0 Å². The largest absolute Gasteiger partial charge is 0.443 e. The van der Waals surface area contributed by atoms with Gasteiger partial charge in [-0.2, -0.15) is 5.10 Å². The van der Waals surface area contributed by atoms with E-state index in [0.717, 1.165) is 28.1 Å². The number of amides is 1. The molecular formula is C24H30N6O2. The molecule has 3 heterocycles. The van der Waals surface area contributed by atoms with Crippen molar-refractivity contribution in [3.05, 3.63) is 54.0 Å². The number of aromatic nitrogens is 4. The van der Waals surface area contributed by atoms with Crippen molar-refractivity contribution in [1.82, 2.24) is 19.7 Å². The summed E-state index contributed by atoms with van der Waals surface area (Å²) in [5, 5.41) is 7.78. The first-order valence-electron chi connectivity index (χ1n) is 10.9. The van der Waals surface area contributed by atoms with Crippen molar-refractivity contribution in [2.75, 3.05) is 10.2 Å². The molecule has 1 amide bonds. The van der Waals surface area contributed by atoms with Crippen molar-refractivity contribution in [2.24, 2.45) is 0 Å². The topological polar surface area (TPSA) is 85.2 Å². The molecule has 0 saturated heterocycles. The van der Waals surface area contributed by atoms with E-state index in [0.29, 0.717) is 12.4 Å². The molecule has 1 aliphatic heterocycles. The number of rotatable bonds is 4. The quantitative estimate of drug-likeness (QED) is 0.624. The standard InChI is InChI=1S/C24H30N6O2/c1-15(2)29-14-18(13-26-29)21-16(3)12-25-22(28-21)27-20-11-17-9-7-8-10-19(17)30(20)23(31)32-24(4,5)6/h7-10,12-15,20H,11H2,1-6H3,(H,25,27,28). The third-order valence-corrected chi connectivity index (χ3v) is 5.24. The molecule has 0 spiro atoms. The lowest BCUT2D eigenvalue weighted by molar-refractivity contribution is 0.0573. The van der Waals surface area contributed by atoms with Crippen LogP contribution in [0.2, 0.25) is 0 Å². The number of ether oxygens (including phenoxy) is 1. The van der Waals surface area contributed by atoms with Crippen LogP contribution in [-0.4, -0.2) is 37.6 Å². The fourth-order valence-electron chi connectivity index (χ4n) is 3.73.